The Hall–Kier alpha value is -0.890. The van der Waals surface area contributed by atoms with Crippen molar-refractivity contribution in [1.29, 1.82) is 0 Å². The second-order valence-electron chi connectivity index (χ2n) is 5.43. The van der Waals surface area contributed by atoms with Crippen LogP contribution in [0.3, 0.4) is 0 Å². The smallest absolute Gasteiger partial charge is 0.266 e. The van der Waals surface area contributed by atoms with Crippen LogP contribution < -0.4 is 10.3 Å². The average molecular weight is 334 g/mol. The summed E-state index contributed by atoms with van der Waals surface area (Å²) in [5.74, 6) is 0.751. The van der Waals surface area contributed by atoms with Crippen molar-refractivity contribution in [2.45, 2.75) is 24.7 Å². The molecule has 0 unspecified atom stereocenters. The lowest BCUT2D eigenvalue weighted by atomic mass is 9.99. The molecule has 2 N–H and O–H groups in total. The van der Waals surface area contributed by atoms with Gasteiger partial charge in [0, 0.05) is 19.3 Å². The third kappa shape index (κ3) is 4.54. The fourth-order valence-electron chi connectivity index (χ4n) is 2.30. The van der Waals surface area contributed by atoms with E-state index in [-0.39, 0.29) is 9.92 Å². The lowest BCUT2D eigenvalue weighted by molar-refractivity contribution is 0.195. The summed E-state index contributed by atoms with van der Waals surface area (Å²) in [6.45, 7) is 5.28. The second-order valence-corrected chi connectivity index (χ2v) is 7.61. The van der Waals surface area contributed by atoms with Crippen LogP contribution >= 0.6 is 11.6 Å². The van der Waals surface area contributed by atoms with Crippen LogP contribution in [0, 0.1) is 5.92 Å². The number of piperidine rings is 1. The van der Waals surface area contributed by atoms with E-state index in [1.54, 1.807) is 0 Å². The van der Waals surface area contributed by atoms with E-state index in [4.69, 9.17) is 11.6 Å². The number of H-pyrrole nitrogens is 1. The first-order chi connectivity index (χ1) is 9.88. The van der Waals surface area contributed by atoms with E-state index >= 15 is 0 Å². The molecule has 21 heavy (non-hydrogen) atoms. The van der Waals surface area contributed by atoms with E-state index in [0.717, 1.165) is 44.1 Å². The zero-order valence-electron chi connectivity index (χ0n) is 11.9. The van der Waals surface area contributed by atoms with Crippen molar-refractivity contribution in [3.05, 3.63) is 27.6 Å². The summed E-state index contributed by atoms with van der Waals surface area (Å²) in [4.78, 5) is 15.7. The molecule has 1 aliphatic rings. The normalized spacial score (nSPS) is 18.0. The lowest BCUT2D eigenvalue weighted by Crippen LogP contribution is -2.39. The highest BCUT2D eigenvalue weighted by Gasteiger charge is 2.18. The van der Waals surface area contributed by atoms with Gasteiger partial charge in [-0.1, -0.05) is 18.5 Å². The summed E-state index contributed by atoms with van der Waals surface area (Å²) in [5, 5.41) is -0.136. The summed E-state index contributed by atoms with van der Waals surface area (Å²) < 4.78 is 26.7. The van der Waals surface area contributed by atoms with Crippen molar-refractivity contribution in [3.8, 4) is 0 Å². The van der Waals surface area contributed by atoms with Crippen molar-refractivity contribution in [1.82, 2.24) is 14.6 Å². The molecule has 8 heteroatoms. The lowest BCUT2D eigenvalue weighted by Gasteiger charge is -2.30. The molecule has 1 saturated heterocycles. The Kier molecular flexibility index (Phi) is 5.43. The Bertz CT molecular complexity index is 636. The SMILES string of the molecule is CC1CCN(CCNS(=O)(=O)c2c[nH]c(=O)c(Cl)c2)CC1. The maximum absolute atomic E-state index is 12.1. The van der Waals surface area contributed by atoms with Crippen molar-refractivity contribution in [3.63, 3.8) is 0 Å². The molecule has 2 heterocycles. The Balaban J connectivity index is 1.89. The van der Waals surface area contributed by atoms with E-state index in [0.29, 0.717) is 13.1 Å². The summed E-state index contributed by atoms with van der Waals surface area (Å²) in [7, 11) is -3.64. The van der Waals surface area contributed by atoms with E-state index in [9.17, 15) is 13.2 Å². The monoisotopic (exact) mass is 333 g/mol. The standard InChI is InChI=1S/C13H20ClN3O3S/c1-10-2-5-17(6-3-10)7-4-16-21(19,20)11-8-12(14)13(18)15-9-11/h8-10,16H,2-7H2,1H3,(H,15,18). The fraction of sp³-hybridized carbons (Fsp3) is 0.615. The van der Waals surface area contributed by atoms with Crippen LogP contribution in [0.25, 0.3) is 0 Å². The highest BCUT2D eigenvalue weighted by molar-refractivity contribution is 7.89. The average Bonchev–Trinajstić information content (AvgIpc) is 2.44. The van der Waals surface area contributed by atoms with Gasteiger partial charge in [-0.2, -0.15) is 0 Å². The summed E-state index contributed by atoms with van der Waals surface area (Å²) in [5.41, 5.74) is -0.502. The third-order valence-electron chi connectivity index (χ3n) is 3.74. The fourth-order valence-corrected chi connectivity index (χ4v) is 3.55. The Morgan fingerprint density at radius 3 is 2.71 bits per heavy atom. The van der Waals surface area contributed by atoms with Crippen molar-refractivity contribution in [2.75, 3.05) is 26.2 Å². The van der Waals surface area contributed by atoms with Gasteiger partial charge in [0.05, 0.1) is 4.90 Å². The molecule has 1 aromatic rings. The molecular formula is C13H20ClN3O3S. The van der Waals surface area contributed by atoms with Crippen molar-refractivity contribution in [2.24, 2.45) is 5.92 Å². The molecule has 0 amide bonds. The van der Waals surface area contributed by atoms with Crippen LogP contribution in [0.4, 0.5) is 0 Å². The first-order valence-corrected chi connectivity index (χ1v) is 8.85. The van der Waals surface area contributed by atoms with Gasteiger partial charge in [-0.15, -0.1) is 0 Å². The number of hydrogen-bond donors (Lipinski definition) is 2. The number of nitrogens with one attached hydrogen (secondary N) is 2. The number of pyridine rings is 1. The molecule has 0 radical (unpaired) electrons. The van der Waals surface area contributed by atoms with Crippen molar-refractivity contribution < 1.29 is 8.42 Å². The molecular weight excluding hydrogens is 314 g/mol. The molecule has 1 aromatic heterocycles. The topological polar surface area (TPSA) is 82.3 Å². The molecule has 0 atom stereocenters. The molecule has 0 aliphatic carbocycles. The van der Waals surface area contributed by atoms with Crippen molar-refractivity contribution >= 4 is 21.6 Å². The van der Waals surface area contributed by atoms with Crippen LogP contribution in [0.2, 0.25) is 5.02 Å². The predicted molar refractivity (Wildman–Crippen MR) is 82.1 cm³/mol. The van der Waals surface area contributed by atoms with Gasteiger partial charge < -0.3 is 9.88 Å². The molecule has 0 saturated carbocycles. The zero-order valence-corrected chi connectivity index (χ0v) is 13.5. The maximum atomic E-state index is 12.1. The number of sulfonamides is 1. The summed E-state index contributed by atoms with van der Waals surface area (Å²) in [6.07, 6.45) is 3.46. The first kappa shape index (κ1) is 16.5. The Morgan fingerprint density at radius 1 is 1.43 bits per heavy atom. The maximum Gasteiger partial charge on any atom is 0.266 e. The predicted octanol–water partition coefficient (Wildman–Crippen LogP) is 1.04. The molecule has 118 valence electrons. The van der Waals surface area contributed by atoms with Gasteiger partial charge in [-0.3, -0.25) is 4.79 Å². The van der Waals surface area contributed by atoms with Crippen LogP contribution in [0.15, 0.2) is 22.0 Å². The number of rotatable bonds is 5. The van der Waals surface area contributed by atoms with Crippen LogP contribution in [0.5, 0.6) is 0 Å². The molecule has 1 fully saturated rings. The van der Waals surface area contributed by atoms with E-state index in [1.165, 1.54) is 0 Å². The highest BCUT2D eigenvalue weighted by Crippen LogP contribution is 2.15. The molecule has 0 aromatic carbocycles. The number of aromatic nitrogens is 1. The molecule has 0 bridgehead atoms. The van der Waals surface area contributed by atoms with E-state index < -0.39 is 15.6 Å². The molecule has 6 nitrogen and oxygen atoms in total. The largest absolute Gasteiger partial charge is 0.326 e. The van der Waals surface area contributed by atoms with Crippen LogP contribution in [0.1, 0.15) is 19.8 Å². The first-order valence-electron chi connectivity index (χ1n) is 6.99. The van der Waals surface area contributed by atoms with Gasteiger partial charge in [0.25, 0.3) is 5.56 Å². The minimum Gasteiger partial charge on any atom is -0.326 e. The van der Waals surface area contributed by atoms with Crippen LogP contribution in [-0.2, 0) is 10.0 Å². The summed E-state index contributed by atoms with van der Waals surface area (Å²) in [6, 6.07) is 1.16. The number of halogens is 1. The molecule has 1 aliphatic heterocycles. The third-order valence-corrected chi connectivity index (χ3v) is 5.46. The second kappa shape index (κ2) is 6.91. The number of hydrogen-bond acceptors (Lipinski definition) is 4. The van der Waals surface area contributed by atoms with Gasteiger partial charge >= 0.3 is 0 Å². The number of aromatic amines is 1. The van der Waals surface area contributed by atoms with Crippen LogP contribution in [-0.4, -0.2) is 44.5 Å². The quantitative estimate of drug-likeness (QED) is 0.843. The Morgan fingerprint density at radius 2 is 2.10 bits per heavy atom. The zero-order chi connectivity index (χ0) is 15.5. The molecule has 2 rings (SSSR count). The minimum absolute atomic E-state index is 0.0284. The minimum atomic E-state index is -3.64. The highest BCUT2D eigenvalue weighted by atomic mass is 35.5. The van der Waals surface area contributed by atoms with Gasteiger partial charge in [-0.25, -0.2) is 13.1 Å². The Labute approximate surface area is 129 Å². The number of likely N-dealkylation sites (tertiary alicyclic amines) is 1. The van der Waals surface area contributed by atoms with Gasteiger partial charge in [0.1, 0.15) is 5.02 Å². The summed E-state index contributed by atoms with van der Waals surface area (Å²) >= 11 is 5.65. The molecule has 0 spiro atoms. The van der Waals surface area contributed by atoms with Gasteiger partial charge in [0.15, 0.2) is 0 Å². The van der Waals surface area contributed by atoms with E-state index in [2.05, 4.69) is 21.5 Å². The van der Waals surface area contributed by atoms with E-state index in [1.807, 2.05) is 0 Å². The van der Waals surface area contributed by atoms with Gasteiger partial charge in [-0.05, 0) is 37.9 Å². The number of nitrogens with zero attached hydrogens (tertiary/aromatic N) is 1. The van der Waals surface area contributed by atoms with Gasteiger partial charge in [0.2, 0.25) is 10.0 Å².